The molecule has 1 aliphatic heterocycles. The van der Waals surface area contributed by atoms with E-state index in [1.54, 1.807) is 7.11 Å². The molecule has 0 N–H and O–H groups in total. The summed E-state index contributed by atoms with van der Waals surface area (Å²) < 4.78 is 10.6. The second-order valence-corrected chi connectivity index (χ2v) is 3.00. The summed E-state index contributed by atoms with van der Waals surface area (Å²) in [6.07, 6.45) is 2.13. The van der Waals surface area contributed by atoms with Crippen molar-refractivity contribution in [1.82, 2.24) is 0 Å². The quantitative estimate of drug-likeness (QED) is 0.520. The molecule has 2 heteroatoms. The van der Waals surface area contributed by atoms with Crippen LogP contribution in [0.4, 0.5) is 0 Å². The highest BCUT2D eigenvalue weighted by molar-refractivity contribution is 5.38. The molecule has 0 radical (unpaired) electrons. The van der Waals surface area contributed by atoms with Gasteiger partial charge in [-0.15, -0.1) is 6.58 Å². The lowest BCUT2D eigenvalue weighted by molar-refractivity contribution is 0.374. The van der Waals surface area contributed by atoms with Crippen molar-refractivity contribution < 1.29 is 9.47 Å². The second-order valence-electron chi connectivity index (χ2n) is 3.00. The van der Waals surface area contributed by atoms with E-state index in [9.17, 15) is 0 Å². The van der Waals surface area contributed by atoms with E-state index in [1.165, 1.54) is 0 Å². The molecule has 1 aromatic rings. The maximum Gasteiger partial charge on any atom is 0.124 e. The number of epoxide rings is 1. The fourth-order valence-electron chi connectivity index (χ4n) is 1.45. The molecule has 2 atom stereocenters. The normalized spacial score (nSPS) is 25.3. The summed E-state index contributed by atoms with van der Waals surface area (Å²) in [6, 6.07) is 7.90. The average Bonchev–Trinajstić information content (AvgIpc) is 2.96. The molecule has 0 unspecified atom stereocenters. The molecule has 1 aliphatic rings. The number of para-hydroxylation sites is 1. The average molecular weight is 176 g/mol. The Morgan fingerprint density at radius 3 is 2.85 bits per heavy atom. The number of rotatable bonds is 3. The van der Waals surface area contributed by atoms with E-state index in [0.717, 1.165) is 11.3 Å². The van der Waals surface area contributed by atoms with Crippen LogP contribution in [0.2, 0.25) is 0 Å². The van der Waals surface area contributed by atoms with E-state index >= 15 is 0 Å². The Balaban J connectivity index is 2.25. The summed E-state index contributed by atoms with van der Waals surface area (Å²) in [5.41, 5.74) is 1.11. The van der Waals surface area contributed by atoms with E-state index in [4.69, 9.17) is 9.47 Å². The zero-order chi connectivity index (χ0) is 9.26. The lowest BCUT2D eigenvalue weighted by Crippen LogP contribution is -1.91. The van der Waals surface area contributed by atoms with E-state index in [-0.39, 0.29) is 12.2 Å². The Morgan fingerprint density at radius 1 is 1.46 bits per heavy atom. The minimum absolute atomic E-state index is 0.147. The first-order valence-corrected chi connectivity index (χ1v) is 4.27. The minimum Gasteiger partial charge on any atom is -0.496 e. The Kier molecular flexibility index (Phi) is 2.07. The number of hydrogen-bond acceptors (Lipinski definition) is 2. The van der Waals surface area contributed by atoms with Gasteiger partial charge in [0.25, 0.3) is 0 Å². The zero-order valence-corrected chi connectivity index (χ0v) is 7.57. The predicted molar refractivity (Wildman–Crippen MR) is 50.8 cm³/mol. The molecule has 1 saturated heterocycles. The van der Waals surface area contributed by atoms with Crippen molar-refractivity contribution in [2.45, 2.75) is 12.2 Å². The van der Waals surface area contributed by atoms with E-state index in [1.807, 2.05) is 30.3 Å². The summed E-state index contributed by atoms with van der Waals surface area (Å²) in [5, 5.41) is 0. The van der Waals surface area contributed by atoms with Crippen LogP contribution in [0.5, 0.6) is 5.75 Å². The number of ether oxygens (including phenoxy) is 2. The molecule has 0 saturated carbocycles. The topological polar surface area (TPSA) is 21.8 Å². The second kappa shape index (κ2) is 3.23. The fraction of sp³-hybridized carbons (Fsp3) is 0.273. The van der Waals surface area contributed by atoms with Crippen LogP contribution in [0.1, 0.15) is 11.7 Å². The molecule has 1 fully saturated rings. The summed E-state index contributed by atoms with van der Waals surface area (Å²) in [6.45, 7) is 3.69. The van der Waals surface area contributed by atoms with Gasteiger partial charge in [-0.2, -0.15) is 0 Å². The summed E-state index contributed by atoms with van der Waals surface area (Å²) in [7, 11) is 1.67. The highest BCUT2D eigenvalue weighted by Crippen LogP contribution is 2.43. The van der Waals surface area contributed by atoms with Crippen LogP contribution in [-0.4, -0.2) is 13.2 Å². The van der Waals surface area contributed by atoms with Crippen LogP contribution in [0, 0.1) is 0 Å². The molecular formula is C11H12O2. The van der Waals surface area contributed by atoms with Crippen LogP contribution in [0.15, 0.2) is 36.9 Å². The van der Waals surface area contributed by atoms with Crippen molar-refractivity contribution >= 4 is 0 Å². The van der Waals surface area contributed by atoms with Crippen molar-refractivity contribution in [2.75, 3.05) is 7.11 Å². The molecular weight excluding hydrogens is 164 g/mol. The van der Waals surface area contributed by atoms with Gasteiger partial charge in [-0.05, 0) is 6.07 Å². The third kappa shape index (κ3) is 1.45. The summed E-state index contributed by atoms with van der Waals surface area (Å²) >= 11 is 0. The molecule has 2 rings (SSSR count). The smallest absolute Gasteiger partial charge is 0.124 e. The lowest BCUT2D eigenvalue weighted by Gasteiger charge is -2.04. The monoisotopic (exact) mass is 176 g/mol. The van der Waals surface area contributed by atoms with Gasteiger partial charge >= 0.3 is 0 Å². The standard InChI is InChI=1S/C11H12O2/c1-3-9-11(13-9)8-6-4-5-7-10(8)12-2/h3-7,9,11H,1H2,2H3/t9-,11-/m0/s1. The Bertz CT molecular complexity index is 320. The van der Waals surface area contributed by atoms with Gasteiger partial charge in [0.15, 0.2) is 0 Å². The number of benzene rings is 1. The molecule has 0 aromatic heterocycles. The Morgan fingerprint density at radius 2 is 2.23 bits per heavy atom. The third-order valence-electron chi connectivity index (χ3n) is 2.20. The highest BCUT2D eigenvalue weighted by Gasteiger charge is 2.39. The van der Waals surface area contributed by atoms with E-state index in [0.29, 0.717) is 0 Å². The van der Waals surface area contributed by atoms with Crippen molar-refractivity contribution in [2.24, 2.45) is 0 Å². The molecule has 0 bridgehead atoms. The van der Waals surface area contributed by atoms with Crippen molar-refractivity contribution in [3.05, 3.63) is 42.5 Å². The van der Waals surface area contributed by atoms with Gasteiger partial charge in [-0.1, -0.05) is 24.3 Å². The molecule has 0 amide bonds. The van der Waals surface area contributed by atoms with Gasteiger partial charge in [0.1, 0.15) is 18.0 Å². The lowest BCUT2D eigenvalue weighted by atomic mass is 10.1. The Labute approximate surface area is 77.8 Å². The van der Waals surface area contributed by atoms with Crippen molar-refractivity contribution in [1.29, 1.82) is 0 Å². The van der Waals surface area contributed by atoms with Gasteiger partial charge in [-0.3, -0.25) is 0 Å². The maximum absolute atomic E-state index is 5.40. The van der Waals surface area contributed by atoms with E-state index < -0.39 is 0 Å². The van der Waals surface area contributed by atoms with Gasteiger partial charge < -0.3 is 9.47 Å². The minimum atomic E-state index is 0.147. The molecule has 1 heterocycles. The number of hydrogen-bond donors (Lipinski definition) is 0. The molecule has 0 aliphatic carbocycles. The first kappa shape index (κ1) is 8.32. The zero-order valence-electron chi connectivity index (χ0n) is 7.57. The van der Waals surface area contributed by atoms with E-state index in [2.05, 4.69) is 6.58 Å². The number of methoxy groups -OCH3 is 1. The first-order valence-electron chi connectivity index (χ1n) is 4.27. The SMILES string of the molecule is C=C[C@@H]1O[C@H]1c1ccccc1OC. The molecule has 68 valence electrons. The van der Waals surface area contributed by atoms with Gasteiger partial charge in [-0.25, -0.2) is 0 Å². The van der Waals surface area contributed by atoms with Gasteiger partial charge in [0, 0.05) is 5.56 Å². The largest absolute Gasteiger partial charge is 0.496 e. The molecule has 0 spiro atoms. The highest BCUT2D eigenvalue weighted by atomic mass is 16.6. The van der Waals surface area contributed by atoms with Crippen LogP contribution in [-0.2, 0) is 4.74 Å². The van der Waals surface area contributed by atoms with Crippen LogP contribution < -0.4 is 4.74 Å². The van der Waals surface area contributed by atoms with Crippen molar-refractivity contribution in [3.63, 3.8) is 0 Å². The molecule has 1 aromatic carbocycles. The van der Waals surface area contributed by atoms with Gasteiger partial charge in [0.05, 0.1) is 7.11 Å². The van der Waals surface area contributed by atoms with Crippen LogP contribution in [0.3, 0.4) is 0 Å². The van der Waals surface area contributed by atoms with Crippen LogP contribution in [0.25, 0.3) is 0 Å². The first-order chi connectivity index (χ1) is 6.36. The predicted octanol–water partition coefficient (Wildman–Crippen LogP) is 2.32. The summed E-state index contributed by atoms with van der Waals surface area (Å²) in [5.74, 6) is 0.886. The summed E-state index contributed by atoms with van der Waals surface area (Å²) in [4.78, 5) is 0. The van der Waals surface area contributed by atoms with Gasteiger partial charge in [0.2, 0.25) is 0 Å². The fourth-order valence-corrected chi connectivity index (χ4v) is 1.45. The maximum atomic E-state index is 5.40. The third-order valence-corrected chi connectivity index (χ3v) is 2.20. The Hall–Kier alpha value is -1.28. The molecule has 2 nitrogen and oxygen atoms in total. The molecule has 13 heavy (non-hydrogen) atoms. The van der Waals surface area contributed by atoms with Crippen molar-refractivity contribution in [3.8, 4) is 5.75 Å². The van der Waals surface area contributed by atoms with Crippen LogP contribution >= 0.6 is 0 Å².